The van der Waals surface area contributed by atoms with Crippen molar-refractivity contribution in [2.75, 3.05) is 23.8 Å². The van der Waals surface area contributed by atoms with Gasteiger partial charge in [-0.2, -0.15) is 0 Å². The molecule has 0 saturated heterocycles. The molecule has 0 spiro atoms. The van der Waals surface area contributed by atoms with Gasteiger partial charge in [-0.1, -0.05) is 31.2 Å². The Morgan fingerprint density at radius 3 is 2.50 bits per heavy atom. The molecule has 2 aromatic carbocycles. The van der Waals surface area contributed by atoms with Crippen molar-refractivity contribution in [1.29, 1.82) is 0 Å². The molecule has 0 bridgehead atoms. The summed E-state index contributed by atoms with van der Waals surface area (Å²) in [5.74, 6) is 0.833. The van der Waals surface area contributed by atoms with E-state index in [1.54, 1.807) is 0 Å². The molecule has 128 valence electrons. The zero-order valence-electron chi connectivity index (χ0n) is 14.5. The van der Waals surface area contributed by atoms with E-state index in [1.807, 2.05) is 60.4 Å². The Morgan fingerprint density at radius 2 is 1.88 bits per heavy atom. The van der Waals surface area contributed by atoms with E-state index in [2.05, 4.69) is 6.92 Å². The van der Waals surface area contributed by atoms with Gasteiger partial charge in [0.2, 0.25) is 5.91 Å². The van der Waals surface area contributed by atoms with Gasteiger partial charge in [-0.3, -0.25) is 4.79 Å². The SMILES string of the molecule is CCCOc1ccc(CCC(=O)N(CC)c2ccccc2)cc1N. The van der Waals surface area contributed by atoms with Gasteiger partial charge in [0.1, 0.15) is 5.75 Å². The normalized spacial score (nSPS) is 10.4. The number of nitrogens with zero attached hydrogens (tertiary/aromatic N) is 1. The van der Waals surface area contributed by atoms with Crippen LogP contribution in [0.25, 0.3) is 0 Å². The summed E-state index contributed by atoms with van der Waals surface area (Å²) in [6.45, 7) is 5.37. The maximum atomic E-state index is 12.5. The predicted molar refractivity (Wildman–Crippen MR) is 99.4 cm³/mol. The molecule has 2 N–H and O–H groups in total. The van der Waals surface area contributed by atoms with Gasteiger partial charge in [0.15, 0.2) is 0 Å². The molecule has 0 radical (unpaired) electrons. The van der Waals surface area contributed by atoms with E-state index >= 15 is 0 Å². The highest BCUT2D eigenvalue weighted by Gasteiger charge is 2.13. The number of carbonyl (C=O) groups is 1. The van der Waals surface area contributed by atoms with Crippen LogP contribution in [-0.4, -0.2) is 19.1 Å². The zero-order chi connectivity index (χ0) is 17.4. The molecule has 0 atom stereocenters. The highest BCUT2D eigenvalue weighted by molar-refractivity contribution is 5.93. The summed E-state index contributed by atoms with van der Waals surface area (Å²) in [6.07, 6.45) is 2.07. The molecular formula is C20H26N2O2. The van der Waals surface area contributed by atoms with Crippen LogP contribution in [0.3, 0.4) is 0 Å². The quantitative estimate of drug-likeness (QED) is 0.745. The fourth-order valence-corrected chi connectivity index (χ4v) is 2.59. The number of ether oxygens (including phenoxy) is 1. The van der Waals surface area contributed by atoms with E-state index in [4.69, 9.17) is 10.5 Å². The number of carbonyl (C=O) groups excluding carboxylic acids is 1. The highest BCUT2D eigenvalue weighted by atomic mass is 16.5. The van der Waals surface area contributed by atoms with Gasteiger partial charge in [0, 0.05) is 18.7 Å². The number of nitrogens with two attached hydrogens (primary N) is 1. The molecule has 4 heteroatoms. The average molecular weight is 326 g/mol. The summed E-state index contributed by atoms with van der Waals surface area (Å²) in [4.78, 5) is 14.3. The van der Waals surface area contributed by atoms with Gasteiger partial charge in [-0.05, 0) is 49.6 Å². The number of rotatable bonds is 8. The lowest BCUT2D eigenvalue weighted by Crippen LogP contribution is -2.30. The van der Waals surface area contributed by atoms with Crippen LogP contribution in [0.5, 0.6) is 5.75 Å². The first-order valence-electron chi connectivity index (χ1n) is 8.52. The zero-order valence-corrected chi connectivity index (χ0v) is 14.5. The summed E-state index contributed by atoms with van der Waals surface area (Å²) in [7, 11) is 0. The summed E-state index contributed by atoms with van der Waals surface area (Å²) in [5, 5.41) is 0. The Balaban J connectivity index is 1.97. The molecule has 24 heavy (non-hydrogen) atoms. The Labute approximate surface area is 144 Å². The molecule has 0 aliphatic heterocycles. The molecule has 2 rings (SSSR count). The van der Waals surface area contributed by atoms with Gasteiger partial charge in [0.25, 0.3) is 0 Å². The van der Waals surface area contributed by atoms with Crippen LogP contribution in [0.15, 0.2) is 48.5 Å². The lowest BCUT2D eigenvalue weighted by Gasteiger charge is -2.21. The fraction of sp³-hybridized carbons (Fsp3) is 0.350. The van der Waals surface area contributed by atoms with Gasteiger partial charge in [0.05, 0.1) is 12.3 Å². The number of anilines is 2. The summed E-state index contributed by atoms with van der Waals surface area (Å²) in [5.41, 5.74) is 8.64. The van der Waals surface area contributed by atoms with Gasteiger partial charge < -0.3 is 15.4 Å². The molecule has 2 aromatic rings. The fourth-order valence-electron chi connectivity index (χ4n) is 2.59. The molecule has 0 heterocycles. The van der Waals surface area contributed by atoms with Crippen LogP contribution in [0.1, 0.15) is 32.3 Å². The smallest absolute Gasteiger partial charge is 0.227 e. The van der Waals surface area contributed by atoms with Crippen LogP contribution in [0.4, 0.5) is 11.4 Å². The number of hydrogen-bond acceptors (Lipinski definition) is 3. The van der Waals surface area contributed by atoms with Crippen LogP contribution >= 0.6 is 0 Å². The van der Waals surface area contributed by atoms with Crippen LogP contribution < -0.4 is 15.4 Å². The number of amides is 1. The van der Waals surface area contributed by atoms with E-state index < -0.39 is 0 Å². The third-order valence-corrected chi connectivity index (χ3v) is 3.85. The van der Waals surface area contributed by atoms with Gasteiger partial charge in [-0.25, -0.2) is 0 Å². The minimum Gasteiger partial charge on any atom is -0.491 e. The first kappa shape index (κ1) is 17.9. The van der Waals surface area contributed by atoms with Crippen molar-refractivity contribution in [2.24, 2.45) is 0 Å². The minimum atomic E-state index is 0.119. The number of benzene rings is 2. The monoisotopic (exact) mass is 326 g/mol. The largest absolute Gasteiger partial charge is 0.491 e. The lowest BCUT2D eigenvalue weighted by atomic mass is 10.1. The van der Waals surface area contributed by atoms with Crippen molar-refractivity contribution >= 4 is 17.3 Å². The number of hydrogen-bond donors (Lipinski definition) is 1. The lowest BCUT2D eigenvalue weighted by molar-refractivity contribution is -0.118. The molecular weight excluding hydrogens is 300 g/mol. The Bertz CT molecular complexity index is 656. The third kappa shape index (κ3) is 4.75. The highest BCUT2D eigenvalue weighted by Crippen LogP contribution is 2.24. The second-order valence-electron chi connectivity index (χ2n) is 5.69. The number of para-hydroxylation sites is 1. The minimum absolute atomic E-state index is 0.119. The van der Waals surface area contributed by atoms with Crippen molar-refractivity contribution in [3.05, 3.63) is 54.1 Å². The standard InChI is InChI=1S/C20H26N2O2/c1-3-14-24-19-12-10-16(15-18(19)21)11-13-20(23)22(4-2)17-8-6-5-7-9-17/h5-10,12,15H,3-4,11,13-14,21H2,1-2H3. The molecule has 0 saturated carbocycles. The second-order valence-corrected chi connectivity index (χ2v) is 5.69. The third-order valence-electron chi connectivity index (χ3n) is 3.85. The van der Waals surface area contributed by atoms with E-state index in [0.29, 0.717) is 37.4 Å². The summed E-state index contributed by atoms with van der Waals surface area (Å²) < 4.78 is 5.58. The van der Waals surface area contributed by atoms with Crippen molar-refractivity contribution < 1.29 is 9.53 Å². The molecule has 0 aliphatic carbocycles. The van der Waals surface area contributed by atoms with E-state index in [0.717, 1.165) is 17.7 Å². The Kier molecular flexibility index (Phi) is 6.67. The summed E-state index contributed by atoms with van der Waals surface area (Å²) in [6, 6.07) is 15.5. The molecule has 0 fully saturated rings. The Morgan fingerprint density at radius 1 is 1.12 bits per heavy atom. The van der Waals surface area contributed by atoms with E-state index in [9.17, 15) is 4.79 Å². The van der Waals surface area contributed by atoms with Crippen molar-refractivity contribution in [3.63, 3.8) is 0 Å². The van der Waals surface area contributed by atoms with Crippen LogP contribution in [0, 0.1) is 0 Å². The molecule has 1 amide bonds. The van der Waals surface area contributed by atoms with E-state index in [-0.39, 0.29) is 5.91 Å². The first-order valence-corrected chi connectivity index (χ1v) is 8.52. The maximum absolute atomic E-state index is 12.5. The molecule has 0 aliphatic rings. The maximum Gasteiger partial charge on any atom is 0.227 e. The number of aryl methyl sites for hydroxylation is 1. The van der Waals surface area contributed by atoms with Crippen LogP contribution in [0.2, 0.25) is 0 Å². The Hall–Kier alpha value is -2.49. The average Bonchev–Trinajstić information content (AvgIpc) is 2.61. The van der Waals surface area contributed by atoms with Gasteiger partial charge >= 0.3 is 0 Å². The van der Waals surface area contributed by atoms with Crippen molar-refractivity contribution in [2.45, 2.75) is 33.1 Å². The number of nitrogen functional groups attached to an aromatic ring is 1. The molecule has 0 unspecified atom stereocenters. The molecule has 4 nitrogen and oxygen atoms in total. The second kappa shape index (κ2) is 8.96. The van der Waals surface area contributed by atoms with E-state index in [1.165, 1.54) is 0 Å². The van der Waals surface area contributed by atoms with Crippen molar-refractivity contribution in [1.82, 2.24) is 0 Å². The van der Waals surface area contributed by atoms with Crippen LogP contribution in [-0.2, 0) is 11.2 Å². The molecule has 0 aromatic heterocycles. The first-order chi connectivity index (χ1) is 11.7. The van der Waals surface area contributed by atoms with Gasteiger partial charge in [-0.15, -0.1) is 0 Å². The summed E-state index contributed by atoms with van der Waals surface area (Å²) >= 11 is 0. The predicted octanol–water partition coefficient (Wildman–Crippen LogP) is 4.04. The van der Waals surface area contributed by atoms with Crippen molar-refractivity contribution in [3.8, 4) is 5.75 Å². The topological polar surface area (TPSA) is 55.6 Å².